The molecule has 3 aromatic carbocycles. The molecule has 0 aliphatic carbocycles. The van der Waals surface area contributed by atoms with E-state index in [-0.39, 0.29) is 0 Å². The molecule has 0 atom stereocenters. The summed E-state index contributed by atoms with van der Waals surface area (Å²) in [6.07, 6.45) is 2.06. The Morgan fingerprint density at radius 3 is 2.25 bits per heavy atom. The Kier molecular flexibility index (Phi) is 4.73. The number of rotatable bonds is 5. The molecular formula is C23H26Si. The zero-order valence-electron chi connectivity index (χ0n) is 15.0. The van der Waals surface area contributed by atoms with Gasteiger partial charge in [0.05, 0.1) is 8.07 Å². The van der Waals surface area contributed by atoms with E-state index in [0.29, 0.717) is 0 Å². The molecule has 0 aliphatic rings. The number of benzene rings is 3. The fraction of sp³-hybridized carbons (Fsp3) is 0.217. The van der Waals surface area contributed by atoms with Crippen molar-refractivity contribution in [2.24, 2.45) is 0 Å². The Labute approximate surface area is 146 Å². The van der Waals surface area contributed by atoms with E-state index in [4.69, 9.17) is 0 Å². The smallest absolute Gasteiger partial charge is 0.0783 e. The number of allylic oxidation sites excluding steroid dienone is 1. The molecule has 0 bridgehead atoms. The predicted molar refractivity (Wildman–Crippen MR) is 111 cm³/mol. The molecule has 0 unspecified atom stereocenters. The maximum absolute atomic E-state index is 4.40. The summed E-state index contributed by atoms with van der Waals surface area (Å²) in [6.45, 7) is 11.6. The van der Waals surface area contributed by atoms with Gasteiger partial charge in [0.2, 0.25) is 0 Å². The predicted octanol–water partition coefficient (Wildman–Crippen LogP) is 6.03. The summed E-state index contributed by atoms with van der Waals surface area (Å²) in [4.78, 5) is 0. The summed E-state index contributed by atoms with van der Waals surface area (Å²) in [5, 5.41) is 4.15. The van der Waals surface area contributed by atoms with Crippen LogP contribution in [0.3, 0.4) is 0 Å². The minimum absolute atomic E-state index is 1.01. The van der Waals surface area contributed by atoms with Crippen molar-refractivity contribution in [3.05, 3.63) is 84.4 Å². The maximum atomic E-state index is 4.40. The third kappa shape index (κ3) is 3.68. The molecule has 122 valence electrons. The van der Waals surface area contributed by atoms with Crippen molar-refractivity contribution in [2.45, 2.75) is 32.5 Å². The van der Waals surface area contributed by atoms with Crippen LogP contribution in [0.15, 0.2) is 73.3 Å². The first-order valence-corrected chi connectivity index (χ1v) is 12.2. The molecule has 0 fully saturated rings. The lowest BCUT2D eigenvalue weighted by Crippen LogP contribution is -2.39. The first kappa shape index (κ1) is 16.7. The van der Waals surface area contributed by atoms with Gasteiger partial charge in [-0.2, -0.15) is 0 Å². The second-order valence-corrected chi connectivity index (χ2v) is 12.6. The van der Waals surface area contributed by atoms with Crippen molar-refractivity contribution in [1.82, 2.24) is 0 Å². The first-order valence-electron chi connectivity index (χ1n) is 8.70. The third-order valence-corrected chi connectivity index (χ3v) is 6.70. The van der Waals surface area contributed by atoms with Crippen molar-refractivity contribution in [3.63, 3.8) is 0 Å². The Morgan fingerprint density at radius 2 is 1.50 bits per heavy atom. The molecule has 0 spiro atoms. The summed E-state index contributed by atoms with van der Waals surface area (Å²) in [7, 11) is -1.35. The molecule has 0 radical (unpaired) electrons. The molecule has 0 aromatic heterocycles. The zero-order valence-corrected chi connectivity index (χ0v) is 16.0. The van der Waals surface area contributed by atoms with Crippen molar-refractivity contribution in [2.75, 3.05) is 0 Å². The Hall–Kier alpha value is -2.12. The van der Waals surface area contributed by atoms with E-state index in [9.17, 15) is 0 Å². The normalized spacial score (nSPS) is 11.6. The van der Waals surface area contributed by atoms with Crippen molar-refractivity contribution in [3.8, 4) is 0 Å². The van der Waals surface area contributed by atoms with Gasteiger partial charge < -0.3 is 0 Å². The van der Waals surface area contributed by atoms with Crippen LogP contribution in [-0.4, -0.2) is 8.07 Å². The van der Waals surface area contributed by atoms with Crippen LogP contribution >= 0.6 is 0 Å². The highest BCUT2D eigenvalue weighted by molar-refractivity contribution is 6.89. The highest BCUT2D eigenvalue weighted by Gasteiger charge is 2.20. The van der Waals surface area contributed by atoms with Gasteiger partial charge in [0, 0.05) is 0 Å². The van der Waals surface area contributed by atoms with Crippen LogP contribution in [0.25, 0.3) is 16.3 Å². The van der Waals surface area contributed by atoms with Crippen LogP contribution in [0.5, 0.6) is 0 Å². The van der Waals surface area contributed by atoms with Crippen LogP contribution in [0.1, 0.15) is 17.5 Å². The van der Waals surface area contributed by atoms with Crippen molar-refractivity contribution < 1.29 is 0 Å². The van der Waals surface area contributed by atoms with E-state index in [1.807, 2.05) is 0 Å². The van der Waals surface area contributed by atoms with Gasteiger partial charge in [0.1, 0.15) is 0 Å². The van der Waals surface area contributed by atoms with Gasteiger partial charge in [-0.25, -0.2) is 0 Å². The Morgan fingerprint density at radius 1 is 0.833 bits per heavy atom. The molecule has 1 heteroatoms. The minimum atomic E-state index is -1.35. The molecule has 0 N–H and O–H groups in total. The lowest BCUT2D eigenvalue weighted by atomic mass is 9.98. The Bertz CT molecular complexity index is 868. The first-order chi connectivity index (χ1) is 11.4. The summed E-state index contributed by atoms with van der Waals surface area (Å²) in [6, 6.07) is 24.2. The molecule has 0 amide bonds. The number of fused-ring (bicyclic) bond motifs is 1. The minimum Gasteiger partial charge on any atom is -0.0952 e. The van der Waals surface area contributed by atoms with E-state index in [2.05, 4.69) is 93.0 Å². The average Bonchev–Trinajstić information content (AvgIpc) is 2.58. The van der Waals surface area contributed by atoms with E-state index >= 15 is 0 Å². The van der Waals surface area contributed by atoms with Gasteiger partial charge in [-0.05, 0) is 40.3 Å². The monoisotopic (exact) mass is 330 g/mol. The molecule has 24 heavy (non-hydrogen) atoms. The van der Waals surface area contributed by atoms with Gasteiger partial charge in [-0.1, -0.05) is 98.1 Å². The molecule has 0 saturated heterocycles. The Balaban J connectivity index is 1.78. The second-order valence-electron chi connectivity index (χ2n) is 7.58. The quantitative estimate of drug-likeness (QED) is 0.501. The van der Waals surface area contributed by atoms with Crippen LogP contribution in [0.2, 0.25) is 19.6 Å². The molecule has 0 nitrogen and oxygen atoms in total. The molecule has 0 heterocycles. The van der Waals surface area contributed by atoms with E-state index in [0.717, 1.165) is 12.8 Å². The van der Waals surface area contributed by atoms with E-state index < -0.39 is 8.07 Å². The van der Waals surface area contributed by atoms with Gasteiger partial charge in [-0.15, -0.1) is 0 Å². The van der Waals surface area contributed by atoms with E-state index in [1.54, 1.807) is 0 Å². The van der Waals surface area contributed by atoms with Crippen LogP contribution in [0.4, 0.5) is 0 Å². The molecular weight excluding hydrogens is 304 g/mol. The fourth-order valence-corrected chi connectivity index (χ4v) is 4.93. The van der Waals surface area contributed by atoms with Gasteiger partial charge in [-0.3, -0.25) is 0 Å². The molecule has 3 rings (SSSR count). The topological polar surface area (TPSA) is 0 Å². The SMILES string of the molecule is C=C(CCc1ccc2ccccc2c1)c1ccccc1[Si](C)(C)C. The van der Waals surface area contributed by atoms with Crippen LogP contribution < -0.4 is 5.19 Å². The van der Waals surface area contributed by atoms with Crippen molar-refractivity contribution >= 4 is 29.6 Å². The van der Waals surface area contributed by atoms with Crippen LogP contribution in [-0.2, 0) is 6.42 Å². The lowest BCUT2D eigenvalue weighted by molar-refractivity contribution is 1.02. The highest BCUT2D eigenvalue weighted by atomic mass is 28.3. The molecule has 0 aliphatic heterocycles. The third-order valence-electron chi connectivity index (χ3n) is 4.65. The van der Waals surface area contributed by atoms with E-state index in [1.165, 1.54) is 32.7 Å². The van der Waals surface area contributed by atoms with Gasteiger partial charge in [0.25, 0.3) is 0 Å². The second kappa shape index (κ2) is 6.78. The average molecular weight is 331 g/mol. The molecule has 3 aromatic rings. The fourth-order valence-electron chi connectivity index (χ4n) is 3.27. The standard InChI is InChI=1S/C23H26Si/c1-18(22-11-7-8-12-23(22)24(2,3)4)13-14-19-15-16-20-9-5-6-10-21(20)17-19/h5-12,15-17H,1,13-14H2,2-4H3. The summed E-state index contributed by atoms with van der Waals surface area (Å²) in [5.41, 5.74) is 4.03. The van der Waals surface area contributed by atoms with Crippen LogP contribution in [0, 0.1) is 0 Å². The largest absolute Gasteiger partial charge is 0.0952 e. The summed E-state index contributed by atoms with van der Waals surface area (Å²) in [5.74, 6) is 0. The van der Waals surface area contributed by atoms with Gasteiger partial charge >= 0.3 is 0 Å². The summed E-state index contributed by atoms with van der Waals surface area (Å²) >= 11 is 0. The van der Waals surface area contributed by atoms with Gasteiger partial charge in [0.15, 0.2) is 0 Å². The molecule has 0 saturated carbocycles. The van der Waals surface area contributed by atoms with Crippen molar-refractivity contribution in [1.29, 1.82) is 0 Å². The maximum Gasteiger partial charge on any atom is 0.0783 e. The number of aryl methyl sites for hydroxylation is 1. The number of hydrogen-bond donors (Lipinski definition) is 0. The highest BCUT2D eigenvalue weighted by Crippen LogP contribution is 2.22. The summed E-state index contributed by atoms with van der Waals surface area (Å²) < 4.78 is 0. The zero-order chi connectivity index (χ0) is 17.2. The number of hydrogen-bond acceptors (Lipinski definition) is 0. The lowest BCUT2D eigenvalue weighted by Gasteiger charge is -2.22.